The van der Waals surface area contributed by atoms with Gasteiger partial charge in [-0.25, -0.2) is 9.88 Å². The van der Waals surface area contributed by atoms with Crippen LogP contribution in [0.4, 0.5) is 29.8 Å². The lowest BCUT2D eigenvalue weighted by Gasteiger charge is -2.15. The van der Waals surface area contributed by atoms with Gasteiger partial charge in [0.1, 0.15) is 16.6 Å². The van der Waals surface area contributed by atoms with Crippen molar-refractivity contribution < 1.29 is 27.5 Å². The SMILES string of the molecule is CC(=O)N(c1ccccn1)c1nnc(CCCCc2ccc(NC(=O)Cc3cccc(OC(F)(F)F)c3)cn2)s1. The first kappa shape index (κ1) is 28.6. The highest BCUT2D eigenvalue weighted by atomic mass is 32.1. The predicted molar refractivity (Wildman–Crippen MR) is 143 cm³/mol. The minimum Gasteiger partial charge on any atom is -0.406 e. The molecule has 3 aromatic heterocycles. The van der Waals surface area contributed by atoms with Crippen LogP contribution >= 0.6 is 11.3 Å². The molecular weight excluding hydrogens is 545 g/mol. The predicted octanol–water partition coefficient (Wildman–Crippen LogP) is 5.66. The number of nitrogens with one attached hydrogen (secondary N) is 1. The first-order chi connectivity index (χ1) is 19.2. The molecule has 0 saturated carbocycles. The number of alkyl halides is 3. The summed E-state index contributed by atoms with van der Waals surface area (Å²) in [5.74, 6) is -0.468. The van der Waals surface area contributed by atoms with Gasteiger partial charge in [-0.1, -0.05) is 29.5 Å². The van der Waals surface area contributed by atoms with E-state index in [4.69, 9.17) is 0 Å². The fourth-order valence-corrected chi connectivity index (χ4v) is 4.72. The fourth-order valence-electron chi connectivity index (χ4n) is 3.79. The van der Waals surface area contributed by atoms with Crippen LogP contribution in [-0.4, -0.2) is 38.3 Å². The fraction of sp³-hybridized carbons (Fsp3) is 0.259. The molecule has 0 aliphatic rings. The quantitative estimate of drug-likeness (QED) is 0.232. The number of benzene rings is 1. The third-order valence-corrected chi connectivity index (χ3v) is 6.49. The average molecular weight is 571 g/mol. The van der Waals surface area contributed by atoms with Gasteiger partial charge in [0, 0.05) is 25.2 Å². The number of aryl methyl sites for hydroxylation is 2. The van der Waals surface area contributed by atoms with Gasteiger partial charge in [-0.15, -0.1) is 23.4 Å². The van der Waals surface area contributed by atoms with Crippen molar-refractivity contribution in [2.24, 2.45) is 0 Å². The molecule has 4 rings (SSSR count). The molecule has 0 radical (unpaired) electrons. The number of rotatable bonds is 11. The zero-order chi connectivity index (χ0) is 28.5. The van der Waals surface area contributed by atoms with E-state index in [2.05, 4.69) is 30.2 Å². The van der Waals surface area contributed by atoms with E-state index in [1.807, 2.05) is 6.07 Å². The van der Waals surface area contributed by atoms with Crippen molar-refractivity contribution in [2.45, 2.75) is 45.4 Å². The van der Waals surface area contributed by atoms with Gasteiger partial charge in [0.15, 0.2) is 0 Å². The Balaban J connectivity index is 1.22. The van der Waals surface area contributed by atoms with Gasteiger partial charge in [0.05, 0.1) is 18.3 Å². The molecule has 40 heavy (non-hydrogen) atoms. The number of amides is 2. The highest BCUT2D eigenvalue weighted by Crippen LogP contribution is 2.28. The Morgan fingerprint density at radius 3 is 2.52 bits per heavy atom. The van der Waals surface area contributed by atoms with Crippen LogP contribution in [0.2, 0.25) is 0 Å². The van der Waals surface area contributed by atoms with Crippen molar-refractivity contribution in [1.82, 2.24) is 20.2 Å². The van der Waals surface area contributed by atoms with Crippen LogP contribution in [0.5, 0.6) is 5.75 Å². The molecule has 2 amide bonds. The lowest BCUT2D eigenvalue weighted by molar-refractivity contribution is -0.274. The second-order valence-corrected chi connectivity index (χ2v) is 9.73. The van der Waals surface area contributed by atoms with Crippen LogP contribution in [0.1, 0.15) is 36.0 Å². The molecular formula is C27H25F3N6O3S. The van der Waals surface area contributed by atoms with E-state index < -0.39 is 6.36 Å². The van der Waals surface area contributed by atoms with Crippen molar-refractivity contribution in [3.8, 4) is 5.75 Å². The maximum absolute atomic E-state index is 12.4. The van der Waals surface area contributed by atoms with E-state index >= 15 is 0 Å². The number of pyridine rings is 2. The molecule has 0 bridgehead atoms. The van der Waals surface area contributed by atoms with Gasteiger partial charge in [0.25, 0.3) is 0 Å². The smallest absolute Gasteiger partial charge is 0.406 e. The minimum absolute atomic E-state index is 0.115. The molecule has 4 aromatic rings. The summed E-state index contributed by atoms with van der Waals surface area (Å²) in [7, 11) is 0. The van der Waals surface area contributed by atoms with Gasteiger partial charge >= 0.3 is 6.36 Å². The normalized spacial score (nSPS) is 11.2. The van der Waals surface area contributed by atoms with E-state index in [0.717, 1.165) is 30.0 Å². The summed E-state index contributed by atoms with van der Waals surface area (Å²) in [4.78, 5) is 34.5. The van der Waals surface area contributed by atoms with Crippen molar-refractivity contribution in [3.05, 3.63) is 83.3 Å². The summed E-state index contributed by atoms with van der Waals surface area (Å²) in [5.41, 5.74) is 1.73. The Bertz CT molecular complexity index is 1430. The van der Waals surface area contributed by atoms with Crippen molar-refractivity contribution in [1.29, 1.82) is 0 Å². The van der Waals surface area contributed by atoms with Crippen LogP contribution in [0.15, 0.2) is 67.0 Å². The number of nitrogens with zero attached hydrogens (tertiary/aromatic N) is 5. The van der Waals surface area contributed by atoms with E-state index in [0.29, 0.717) is 28.6 Å². The molecule has 0 unspecified atom stereocenters. The molecule has 0 aliphatic carbocycles. The summed E-state index contributed by atoms with van der Waals surface area (Å²) in [5, 5.41) is 12.4. The number of carbonyl (C=O) groups excluding carboxylic acids is 2. The minimum atomic E-state index is -4.80. The molecule has 3 heterocycles. The summed E-state index contributed by atoms with van der Waals surface area (Å²) in [6, 6.07) is 14.2. The number of anilines is 3. The lowest BCUT2D eigenvalue weighted by atomic mass is 10.1. The van der Waals surface area contributed by atoms with Crippen LogP contribution < -0.4 is 15.0 Å². The number of ether oxygens (including phenoxy) is 1. The Hall–Kier alpha value is -4.39. The second-order valence-electron chi connectivity index (χ2n) is 8.69. The molecule has 0 saturated heterocycles. The van der Waals surface area contributed by atoms with Crippen LogP contribution in [0.25, 0.3) is 0 Å². The first-order valence-corrected chi connectivity index (χ1v) is 13.1. The van der Waals surface area contributed by atoms with E-state index in [1.54, 1.807) is 42.7 Å². The molecule has 208 valence electrons. The first-order valence-electron chi connectivity index (χ1n) is 12.3. The maximum atomic E-state index is 12.4. The van der Waals surface area contributed by atoms with Gasteiger partial charge in [-0.05, 0) is 61.2 Å². The lowest BCUT2D eigenvalue weighted by Crippen LogP contribution is -2.23. The largest absolute Gasteiger partial charge is 0.573 e. The second kappa shape index (κ2) is 13.1. The standard InChI is InChI=1S/C27H25F3N6O3S/c1-18(37)36(23-10-4-5-14-31-23)26-35-34-25(40-26)11-3-2-8-20-12-13-21(17-32-20)33-24(38)16-19-7-6-9-22(15-19)39-27(28,29)30/h4-7,9-10,12-15,17H,2-3,8,11,16H2,1H3,(H,33,38). The molecule has 0 fully saturated rings. The summed E-state index contributed by atoms with van der Waals surface area (Å²) in [6.45, 7) is 1.45. The van der Waals surface area contributed by atoms with Gasteiger partial charge in [0.2, 0.25) is 16.9 Å². The molecule has 1 N–H and O–H groups in total. The van der Waals surface area contributed by atoms with Crippen molar-refractivity contribution >= 4 is 39.8 Å². The molecule has 1 aromatic carbocycles. The van der Waals surface area contributed by atoms with Gasteiger partial charge in [-0.3, -0.25) is 14.6 Å². The molecule has 0 aliphatic heterocycles. The number of hydrogen-bond acceptors (Lipinski definition) is 8. The summed E-state index contributed by atoms with van der Waals surface area (Å²) < 4.78 is 41.1. The topological polar surface area (TPSA) is 110 Å². The Morgan fingerprint density at radius 1 is 1.00 bits per heavy atom. The molecule has 13 heteroatoms. The highest BCUT2D eigenvalue weighted by Gasteiger charge is 2.31. The summed E-state index contributed by atoms with van der Waals surface area (Å²) >= 11 is 1.35. The van der Waals surface area contributed by atoms with Crippen LogP contribution in [-0.2, 0) is 28.9 Å². The van der Waals surface area contributed by atoms with Crippen molar-refractivity contribution in [3.63, 3.8) is 0 Å². The van der Waals surface area contributed by atoms with E-state index in [1.165, 1.54) is 41.4 Å². The highest BCUT2D eigenvalue weighted by molar-refractivity contribution is 7.15. The third kappa shape index (κ3) is 8.56. The Kier molecular flexibility index (Phi) is 9.38. The van der Waals surface area contributed by atoms with E-state index in [9.17, 15) is 22.8 Å². The van der Waals surface area contributed by atoms with E-state index in [-0.39, 0.29) is 24.0 Å². The molecule has 9 nitrogen and oxygen atoms in total. The molecule has 0 atom stereocenters. The number of unbranched alkanes of at least 4 members (excludes halogenated alkanes) is 1. The van der Waals surface area contributed by atoms with Gasteiger partial charge < -0.3 is 10.1 Å². The molecule has 0 spiro atoms. The Morgan fingerprint density at radius 2 is 1.82 bits per heavy atom. The van der Waals surface area contributed by atoms with Gasteiger partial charge in [-0.2, -0.15) is 0 Å². The maximum Gasteiger partial charge on any atom is 0.573 e. The number of carbonyl (C=O) groups is 2. The number of aromatic nitrogens is 4. The number of hydrogen-bond donors (Lipinski definition) is 1. The van der Waals surface area contributed by atoms with Crippen LogP contribution in [0.3, 0.4) is 0 Å². The zero-order valence-electron chi connectivity index (χ0n) is 21.4. The number of halogens is 3. The van der Waals surface area contributed by atoms with Crippen molar-refractivity contribution in [2.75, 3.05) is 10.2 Å². The third-order valence-electron chi connectivity index (χ3n) is 5.52. The summed E-state index contributed by atoms with van der Waals surface area (Å²) in [6.07, 6.45) is 1.36. The Labute approximate surface area is 232 Å². The average Bonchev–Trinajstić information content (AvgIpc) is 3.35. The zero-order valence-corrected chi connectivity index (χ0v) is 22.2. The van der Waals surface area contributed by atoms with Crippen LogP contribution in [0, 0.1) is 0 Å². The monoisotopic (exact) mass is 570 g/mol.